The normalized spacial score (nSPS) is 59.5. The third kappa shape index (κ3) is 1.72. The Morgan fingerprint density at radius 1 is 1.23 bits per heavy atom. The lowest BCUT2D eigenvalue weighted by Gasteiger charge is -2.84. The van der Waals surface area contributed by atoms with Crippen LogP contribution < -0.4 is 0 Å². The lowest BCUT2D eigenvalue weighted by atomic mass is 9.22. The number of Topliss-reactive ketones (excluding diaryl/α,β-unsaturated/α-hetero) is 1. The number of hydrogen-bond donors (Lipinski definition) is 3. The molecule has 2 heterocycles. The van der Waals surface area contributed by atoms with Crippen LogP contribution in [-0.4, -0.2) is 51.5 Å². The Balaban J connectivity index is 1.61. The number of aliphatic hydroxyl groups excluding tert-OH is 2. The fraction of sp³-hybridized carbons (Fsp3) is 0.875. The molecule has 7 rings (SSSR count). The van der Waals surface area contributed by atoms with Crippen LogP contribution in [0.4, 0.5) is 0 Å². The molecule has 3 N–H and O–H groups in total. The summed E-state index contributed by atoms with van der Waals surface area (Å²) in [6.45, 7) is 9.51. The largest absolute Gasteiger partial charge is 0.388 e. The van der Waals surface area contributed by atoms with Gasteiger partial charge in [0.1, 0.15) is 11.9 Å². The van der Waals surface area contributed by atoms with Crippen LogP contribution in [0.15, 0.2) is 12.2 Å². The molecule has 166 valence electrons. The molecule has 0 amide bonds. The number of ketones is 1. The molecule has 2 aliphatic heterocycles. The molecule has 11 unspecified atom stereocenters. The topological polar surface area (TPSA) is 96.2 Å². The predicted octanol–water partition coefficient (Wildman–Crippen LogP) is 1.87. The van der Waals surface area contributed by atoms with Gasteiger partial charge in [-0.05, 0) is 50.4 Å². The molecule has 30 heavy (non-hydrogen) atoms. The summed E-state index contributed by atoms with van der Waals surface area (Å²) in [4.78, 5) is 13.9. The van der Waals surface area contributed by atoms with Crippen LogP contribution in [0, 0.1) is 51.8 Å². The van der Waals surface area contributed by atoms with E-state index in [1.165, 1.54) is 13.8 Å². The summed E-state index contributed by atoms with van der Waals surface area (Å²) < 4.78 is 12.7. The maximum atomic E-state index is 13.9. The van der Waals surface area contributed by atoms with Crippen molar-refractivity contribution in [3.63, 3.8) is 0 Å². The number of aliphatic hydroxyl groups is 3. The fourth-order valence-corrected chi connectivity index (χ4v) is 9.40. The van der Waals surface area contributed by atoms with Gasteiger partial charge in [-0.1, -0.05) is 32.9 Å². The maximum absolute atomic E-state index is 13.9. The molecule has 0 radical (unpaired) electrons. The first-order valence-corrected chi connectivity index (χ1v) is 11.5. The Morgan fingerprint density at radius 3 is 2.60 bits per heavy atom. The number of fused-ring (bicyclic) bond motifs is 1. The van der Waals surface area contributed by atoms with Crippen LogP contribution in [0.1, 0.15) is 47.5 Å². The van der Waals surface area contributed by atoms with E-state index in [9.17, 15) is 20.1 Å². The molecule has 0 aromatic rings. The second-order valence-electron chi connectivity index (χ2n) is 12.1. The number of hydrogen-bond acceptors (Lipinski definition) is 6. The lowest BCUT2D eigenvalue weighted by Crippen LogP contribution is -2.92. The van der Waals surface area contributed by atoms with Crippen LogP contribution in [0.2, 0.25) is 0 Å². The van der Waals surface area contributed by atoms with Gasteiger partial charge in [0, 0.05) is 22.7 Å². The molecule has 2 saturated heterocycles. The van der Waals surface area contributed by atoms with Crippen molar-refractivity contribution in [2.24, 2.45) is 51.8 Å². The number of carbonyl (C=O) groups excluding carboxylic acids is 1. The average Bonchev–Trinajstić information content (AvgIpc) is 2.63. The molecule has 5 aliphatic carbocycles. The first-order valence-electron chi connectivity index (χ1n) is 11.5. The van der Waals surface area contributed by atoms with Crippen molar-refractivity contribution in [2.75, 3.05) is 6.61 Å². The van der Waals surface area contributed by atoms with Crippen molar-refractivity contribution in [2.45, 2.75) is 71.2 Å². The third-order valence-electron chi connectivity index (χ3n) is 10.3. The van der Waals surface area contributed by atoms with E-state index >= 15 is 0 Å². The molecule has 4 saturated carbocycles. The Morgan fingerprint density at radius 2 is 1.93 bits per heavy atom. The van der Waals surface area contributed by atoms with E-state index in [1.54, 1.807) is 0 Å². The number of carbonyl (C=O) groups is 1. The summed E-state index contributed by atoms with van der Waals surface area (Å²) >= 11 is 0. The zero-order valence-electron chi connectivity index (χ0n) is 18.5. The molecule has 6 nitrogen and oxygen atoms in total. The second kappa shape index (κ2) is 5.23. The summed E-state index contributed by atoms with van der Waals surface area (Å²) in [7, 11) is 0. The van der Waals surface area contributed by atoms with Gasteiger partial charge in [0.15, 0.2) is 5.79 Å². The van der Waals surface area contributed by atoms with Crippen molar-refractivity contribution in [1.82, 2.24) is 0 Å². The van der Waals surface area contributed by atoms with Gasteiger partial charge in [0.2, 0.25) is 5.79 Å². The first kappa shape index (κ1) is 19.9. The van der Waals surface area contributed by atoms with E-state index in [-0.39, 0.29) is 29.5 Å². The number of ether oxygens (including phenoxy) is 2. The highest BCUT2D eigenvalue weighted by atomic mass is 16.8. The highest BCUT2D eigenvalue weighted by Gasteiger charge is 2.92. The average molecular weight is 419 g/mol. The Bertz CT molecular complexity index is 858. The highest BCUT2D eigenvalue weighted by molar-refractivity contribution is 5.98. The highest BCUT2D eigenvalue weighted by Crippen LogP contribution is 2.84. The summed E-state index contributed by atoms with van der Waals surface area (Å²) in [5.41, 5.74) is -2.06. The number of rotatable bonds is 2. The van der Waals surface area contributed by atoms with E-state index in [0.717, 1.165) is 12.8 Å². The molecule has 2 spiro atoms. The Kier molecular flexibility index (Phi) is 3.46. The van der Waals surface area contributed by atoms with Gasteiger partial charge in [-0.3, -0.25) is 4.79 Å². The van der Waals surface area contributed by atoms with E-state index in [1.807, 2.05) is 26.0 Å². The summed E-state index contributed by atoms with van der Waals surface area (Å²) in [6, 6.07) is 0. The smallest absolute Gasteiger partial charge is 0.211 e. The minimum Gasteiger partial charge on any atom is -0.388 e. The van der Waals surface area contributed by atoms with Crippen LogP contribution >= 0.6 is 0 Å². The maximum Gasteiger partial charge on any atom is 0.211 e. The Hall–Kier alpha value is -0.790. The van der Waals surface area contributed by atoms with E-state index in [0.29, 0.717) is 18.4 Å². The summed E-state index contributed by atoms with van der Waals surface area (Å²) in [5, 5.41) is 33.5. The minimum absolute atomic E-state index is 0.0104. The first-order chi connectivity index (χ1) is 13.9. The van der Waals surface area contributed by atoms with E-state index < -0.39 is 40.0 Å². The Labute approximate surface area is 177 Å². The SMILES string of the molecule is CC1C2CCC3C45C=CC(O)C(C)(C)C4C(O)C(OC(C)(C)O)(OC5)C34C(=O)C1C24. The predicted molar refractivity (Wildman–Crippen MR) is 107 cm³/mol. The van der Waals surface area contributed by atoms with Crippen molar-refractivity contribution < 1.29 is 29.6 Å². The van der Waals surface area contributed by atoms with Gasteiger partial charge in [-0.2, -0.15) is 0 Å². The lowest BCUT2D eigenvalue weighted by molar-refractivity contribution is -0.502. The van der Waals surface area contributed by atoms with E-state index in [2.05, 4.69) is 6.92 Å². The zero-order chi connectivity index (χ0) is 21.6. The van der Waals surface area contributed by atoms with Crippen molar-refractivity contribution in [3.05, 3.63) is 12.2 Å². The second-order valence-corrected chi connectivity index (χ2v) is 12.1. The van der Waals surface area contributed by atoms with Crippen LogP contribution in [0.3, 0.4) is 0 Å². The molecule has 11 atom stereocenters. The van der Waals surface area contributed by atoms with Gasteiger partial charge >= 0.3 is 0 Å². The van der Waals surface area contributed by atoms with Crippen LogP contribution in [0.5, 0.6) is 0 Å². The summed E-state index contributed by atoms with van der Waals surface area (Å²) in [5.74, 6) is -2.41. The molecule has 2 bridgehead atoms. The van der Waals surface area contributed by atoms with Gasteiger partial charge in [-0.15, -0.1) is 0 Å². The standard InChI is InChI=1S/C24H34O6/c1-11-12-6-7-13-22-9-8-14(25)20(2,3)17(22)19(27)24(29-10-22,30-21(4,5)28)23(13)16(12)15(11)18(23)26/h8-9,11-17,19,25,27-28H,6-7,10H2,1-5H3. The molecule has 0 aromatic carbocycles. The fourth-order valence-electron chi connectivity index (χ4n) is 9.40. The van der Waals surface area contributed by atoms with Gasteiger partial charge in [0.25, 0.3) is 0 Å². The van der Waals surface area contributed by atoms with Crippen molar-refractivity contribution in [1.29, 1.82) is 0 Å². The molecule has 7 aliphatic rings. The summed E-state index contributed by atoms with van der Waals surface area (Å²) in [6.07, 6.45) is 4.00. The molecular formula is C24H34O6. The van der Waals surface area contributed by atoms with Gasteiger partial charge in [-0.25, -0.2) is 0 Å². The minimum atomic E-state index is -1.58. The van der Waals surface area contributed by atoms with Crippen LogP contribution in [0.25, 0.3) is 0 Å². The van der Waals surface area contributed by atoms with Crippen LogP contribution in [-0.2, 0) is 14.3 Å². The van der Waals surface area contributed by atoms with Gasteiger partial charge in [0.05, 0.1) is 18.1 Å². The third-order valence-corrected chi connectivity index (χ3v) is 10.3. The molecule has 6 heteroatoms. The molecule has 6 fully saturated rings. The van der Waals surface area contributed by atoms with Crippen molar-refractivity contribution in [3.8, 4) is 0 Å². The van der Waals surface area contributed by atoms with Crippen molar-refractivity contribution >= 4 is 5.78 Å². The van der Waals surface area contributed by atoms with E-state index in [4.69, 9.17) is 9.47 Å². The monoisotopic (exact) mass is 418 g/mol. The quantitative estimate of drug-likeness (QED) is 0.468. The zero-order valence-corrected chi connectivity index (χ0v) is 18.5. The van der Waals surface area contributed by atoms with Gasteiger partial charge < -0.3 is 24.8 Å². The molecular weight excluding hydrogens is 384 g/mol. The molecule has 0 aromatic heterocycles.